The summed E-state index contributed by atoms with van der Waals surface area (Å²) in [6, 6.07) is 24.9. The first-order valence-electron chi connectivity index (χ1n) is 8.60. The summed E-state index contributed by atoms with van der Waals surface area (Å²) in [5.41, 5.74) is 3.36. The molecule has 0 spiro atoms. The van der Waals surface area contributed by atoms with Crippen LogP contribution in [0.1, 0.15) is 6.92 Å². The van der Waals surface area contributed by atoms with Crippen molar-refractivity contribution < 1.29 is 4.74 Å². The molecule has 0 aliphatic carbocycles. The lowest BCUT2D eigenvalue weighted by Crippen LogP contribution is -2.18. The van der Waals surface area contributed by atoms with Crippen molar-refractivity contribution in [1.29, 1.82) is 0 Å². The van der Waals surface area contributed by atoms with Crippen LogP contribution in [0.4, 0.5) is 22.7 Å². The average Bonchev–Trinajstić information content (AvgIpc) is 2.70. The second kappa shape index (κ2) is 9.45. The molecule has 5 nitrogen and oxygen atoms in total. The van der Waals surface area contributed by atoms with Gasteiger partial charge in [0.2, 0.25) is 0 Å². The standard InChI is InChI=1S/C21H20N4OS/c1-2-26-20-14-12-17(13-15-20)23-21(27)22-16-8-10-19(11-9-16)25-24-18-6-4-3-5-7-18/h3-15H,2H2,1H3,(H2,22,23,27). The van der Waals surface area contributed by atoms with E-state index < -0.39 is 0 Å². The average molecular weight is 376 g/mol. The van der Waals surface area contributed by atoms with Gasteiger partial charge in [-0.1, -0.05) is 18.2 Å². The van der Waals surface area contributed by atoms with Gasteiger partial charge >= 0.3 is 0 Å². The first-order chi connectivity index (χ1) is 13.2. The Morgan fingerprint density at radius 2 is 1.30 bits per heavy atom. The Balaban J connectivity index is 1.54. The largest absolute Gasteiger partial charge is 0.494 e. The molecule has 6 heteroatoms. The molecule has 0 heterocycles. The summed E-state index contributed by atoms with van der Waals surface area (Å²) in [6.07, 6.45) is 0. The third-order valence-electron chi connectivity index (χ3n) is 3.59. The highest BCUT2D eigenvalue weighted by molar-refractivity contribution is 7.80. The third kappa shape index (κ3) is 5.90. The molecule has 0 saturated carbocycles. The van der Waals surface area contributed by atoms with Gasteiger partial charge in [0.25, 0.3) is 0 Å². The fourth-order valence-electron chi connectivity index (χ4n) is 2.32. The minimum Gasteiger partial charge on any atom is -0.494 e. The SMILES string of the molecule is CCOc1ccc(NC(=S)Nc2ccc(N=Nc3ccccc3)cc2)cc1. The molecule has 0 aliphatic heterocycles. The van der Waals surface area contributed by atoms with Crippen molar-refractivity contribution in [3.05, 3.63) is 78.9 Å². The van der Waals surface area contributed by atoms with Gasteiger partial charge in [0, 0.05) is 11.4 Å². The van der Waals surface area contributed by atoms with Gasteiger partial charge in [-0.3, -0.25) is 0 Å². The number of nitrogens with zero attached hydrogens (tertiary/aromatic N) is 2. The summed E-state index contributed by atoms with van der Waals surface area (Å²) < 4.78 is 5.43. The molecule has 0 unspecified atom stereocenters. The molecule has 3 aromatic carbocycles. The lowest BCUT2D eigenvalue weighted by atomic mass is 10.3. The van der Waals surface area contributed by atoms with E-state index in [0.29, 0.717) is 11.7 Å². The molecule has 0 radical (unpaired) electrons. The minimum absolute atomic E-state index is 0.512. The quantitative estimate of drug-likeness (QED) is 0.391. The summed E-state index contributed by atoms with van der Waals surface area (Å²) in [4.78, 5) is 0. The molecule has 0 amide bonds. The van der Waals surface area contributed by atoms with Crippen LogP contribution in [0.15, 0.2) is 89.1 Å². The van der Waals surface area contributed by atoms with Crippen LogP contribution in [0.5, 0.6) is 5.75 Å². The first kappa shape index (κ1) is 18.5. The van der Waals surface area contributed by atoms with Gasteiger partial charge in [-0.15, -0.1) is 0 Å². The molecule has 0 aliphatic rings. The van der Waals surface area contributed by atoms with E-state index >= 15 is 0 Å². The molecule has 3 aromatic rings. The Hall–Kier alpha value is -3.25. The maximum atomic E-state index is 5.43. The van der Waals surface area contributed by atoms with E-state index in [4.69, 9.17) is 17.0 Å². The van der Waals surface area contributed by atoms with E-state index in [1.165, 1.54) is 0 Å². The molecule has 3 rings (SSSR count). The summed E-state index contributed by atoms with van der Waals surface area (Å²) >= 11 is 5.35. The lowest BCUT2D eigenvalue weighted by Gasteiger charge is -2.11. The number of benzene rings is 3. The number of hydrogen-bond donors (Lipinski definition) is 2. The summed E-state index contributed by atoms with van der Waals surface area (Å²) in [5, 5.41) is 15.2. The third-order valence-corrected chi connectivity index (χ3v) is 3.79. The normalized spacial score (nSPS) is 10.6. The van der Waals surface area contributed by atoms with Gasteiger partial charge in [0.1, 0.15) is 5.75 Å². The molecule has 136 valence electrons. The number of thiocarbonyl (C=S) groups is 1. The van der Waals surface area contributed by atoms with Crippen LogP contribution in [-0.2, 0) is 0 Å². The maximum Gasteiger partial charge on any atom is 0.175 e. The van der Waals surface area contributed by atoms with Crippen molar-refractivity contribution in [2.24, 2.45) is 10.2 Å². The Kier molecular flexibility index (Phi) is 6.49. The van der Waals surface area contributed by atoms with Gasteiger partial charge < -0.3 is 15.4 Å². The van der Waals surface area contributed by atoms with Crippen molar-refractivity contribution in [3.63, 3.8) is 0 Å². The number of rotatable bonds is 6. The molecule has 0 saturated heterocycles. The van der Waals surface area contributed by atoms with Crippen molar-refractivity contribution >= 4 is 40.1 Å². The Bertz CT molecular complexity index is 894. The van der Waals surface area contributed by atoms with E-state index in [0.717, 1.165) is 28.5 Å². The molecule has 0 atom stereocenters. The van der Waals surface area contributed by atoms with Gasteiger partial charge in [-0.05, 0) is 79.8 Å². The molecule has 0 bridgehead atoms. The number of ether oxygens (including phenoxy) is 1. The summed E-state index contributed by atoms with van der Waals surface area (Å²) in [6.45, 7) is 2.60. The minimum atomic E-state index is 0.512. The van der Waals surface area contributed by atoms with E-state index in [2.05, 4.69) is 20.9 Å². The van der Waals surface area contributed by atoms with Gasteiger partial charge in [-0.25, -0.2) is 0 Å². The van der Waals surface area contributed by atoms with Gasteiger partial charge in [0.15, 0.2) is 5.11 Å². The zero-order valence-corrected chi connectivity index (χ0v) is 15.7. The van der Waals surface area contributed by atoms with Crippen LogP contribution in [0.25, 0.3) is 0 Å². The van der Waals surface area contributed by atoms with E-state index in [1.54, 1.807) is 0 Å². The first-order valence-corrected chi connectivity index (χ1v) is 9.01. The monoisotopic (exact) mass is 376 g/mol. The van der Waals surface area contributed by atoms with Crippen molar-refractivity contribution in [1.82, 2.24) is 0 Å². The summed E-state index contributed by atoms with van der Waals surface area (Å²) in [5.74, 6) is 0.835. The smallest absolute Gasteiger partial charge is 0.175 e. The fourth-order valence-corrected chi connectivity index (χ4v) is 2.55. The molecule has 2 N–H and O–H groups in total. The molecule has 0 fully saturated rings. The van der Waals surface area contributed by atoms with Crippen LogP contribution in [0, 0.1) is 0 Å². The lowest BCUT2D eigenvalue weighted by molar-refractivity contribution is 0.340. The zero-order valence-electron chi connectivity index (χ0n) is 14.9. The highest BCUT2D eigenvalue weighted by Crippen LogP contribution is 2.20. The van der Waals surface area contributed by atoms with E-state index in [1.807, 2.05) is 85.8 Å². The molecule has 27 heavy (non-hydrogen) atoms. The molecule has 0 aromatic heterocycles. The van der Waals surface area contributed by atoms with Gasteiger partial charge in [-0.2, -0.15) is 10.2 Å². The van der Waals surface area contributed by atoms with Crippen molar-refractivity contribution in [2.75, 3.05) is 17.2 Å². The predicted octanol–water partition coefficient (Wildman–Crippen LogP) is 6.31. The second-order valence-electron chi connectivity index (χ2n) is 5.62. The number of hydrogen-bond acceptors (Lipinski definition) is 4. The van der Waals surface area contributed by atoms with Gasteiger partial charge in [0.05, 0.1) is 18.0 Å². The zero-order chi connectivity index (χ0) is 18.9. The number of anilines is 2. The second-order valence-corrected chi connectivity index (χ2v) is 6.03. The highest BCUT2D eigenvalue weighted by Gasteiger charge is 2.00. The summed E-state index contributed by atoms with van der Waals surface area (Å²) in [7, 11) is 0. The van der Waals surface area contributed by atoms with Crippen LogP contribution in [0.3, 0.4) is 0 Å². The van der Waals surface area contributed by atoms with Crippen LogP contribution in [0.2, 0.25) is 0 Å². The fraction of sp³-hybridized carbons (Fsp3) is 0.0952. The Morgan fingerprint density at radius 1 is 0.778 bits per heavy atom. The Morgan fingerprint density at radius 3 is 1.85 bits per heavy atom. The highest BCUT2D eigenvalue weighted by atomic mass is 32.1. The topological polar surface area (TPSA) is 58.0 Å². The Labute approximate surface area is 164 Å². The number of nitrogens with one attached hydrogen (secondary N) is 2. The van der Waals surface area contributed by atoms with Crippen LogP contribution < -0.4 is 15.4 Å². The predicted molar refractivity (Wildman–Crippen MR) is 115 cm³/mol. The van der Waals surface area contributed by atoms with Crippen LogP contribution >= 0.6 is 12.2 Å². The maximum absolute atomic E-state index is 5.43. The van der Waals surface area contributed by atoms with E-state index in [-0.39, 0.29) is 0 Å². The van der Waals surface area contributed by atoms with E-state index in [9.17, 15) is 0 Å². The number of azo groups is 1. The molecular weight excluding hydrogens is 356 g/mol. The molecular formula is C21H20N4OS. The van der Waals surface area contributed by atoms with Crippen LogP contribution in [-0.4, -0.2) is 11.7 Å². The van der Waals surface area contributed by atoms with Crippen molar-refractivity contribution in [2.45, 2.75) is 6.92 Å². The van der Waals surface area contributed by atoms with Crippen molar-refractivity contribution in [3.8, 4) is 5.75 Å².